The van der Waals surface area contributed by atoms with Gasteiger partial charge in [-0.2, -0.15) is 22.0 Å². The lowest BCUT2D eigenvalue weighted by Gasteiger charge is -2.20. The van der Waals surface area contributed by atoms with Gasteiger partial charge in [0.2, 0.25) is 0 Å². The molecule has 0 aliphatic carbocycles. The molecule has 96 valence electrons. The van der Waals surface area contributed by atoms with E-state index in [1.54, 1.807) is 0 Å². The number of ether oxygens (including phenoxy) is 2. The third-order valence-corrected chi connectivity index (χ3v) is 1.60. The first-order chi connectivity index (χ1) is 7.16. The quantitative estimate of drug-likeness (QED) is 0.583. The van der Waals surface area contributed by atoms with Crippen LogP contribution in [0.2, 0.25) is 0 Å². The average Bonchev–Trinajstić information content (AvgIpc) is 2.17. The molecule has 0 radical (unpaired) electrons. The Kier molecular flexibility index (Phi) is 5.07. The Hall–Kier alpha value is -0.960. The number of nitrogens with one attached hydrogen (secondary N) is 1. The highest BCUT2D eigenvalue weighted by atomic mass is 19.4. The number of amides is 1. The van der Waals surface area contributed by atoms with Gasteiger partial charge in [-0.3, -0.25) is 4.79 Å². The summed E-state index contributed by atoms with van der Waals surface area (Å²) in [5.41, 5.74) is 0. The topological polar surface area (TPSA) is 47.6 Å². The highest BCUT2D eigenvalue weighted by Gasteiger charge is 2.63. The molecule has 0 unspecified atom stereocenters. The molecule has 0 rings (SSSR count). The Morgan fingerprint density at radius 1 is 1.19 bits per heavy atom. The van der Waals surface area contributed by atoms with E-state index in [2.05, 4.69) is 9.47 Å². The number of hydrogen-bond donors (Lipinski definition) is 1. The van der Waals surface area contributed by atoms with Crippen LogP contribution in [0.1, 0.15) is 0 Å². The van der Waals surface area contributed by atoms with Gasteiger partial charge < -0.3 is 14.8 Å². The third-order valence-electron chi connectivity index (χ3n) is 1.60. The summed E-state index contributed by atoms with van der Waals surface area (Å²) in [6.07, 6.45) is -7.01. The molecular weight excluding hydrogens is 241 g/mol. The van der Waals surface area contributed by atoms with Gasteiger partial charge in [0.15, 0.2) is 6.29 Å². The van der Waals surface area contributed by atoms with Crippen molar-refractivity contribution in [3.05, 3.63) is 0 Å². The second kappa shape index (κ2) is 5.39. The van der Waals surface area contributed by atoms with Gasteiger partial charge in [-0.1, -0.05) is 0 Å². The molecule has 0 saturated heterocycles. The molecule has 0 heterocycles. The van der Waals surface area contributed by atoms with Crippen molar-refractivity contribution in [2.24, 2.45) is 0 Å². The Morgan fingerprint density at radius 2 is 1.62 bits per heavy atom. The largest absolute Gasteiger partial charge is 0.463 e. The zero-order valence-electron chi connectivity index (χ0n) is 8.40. The molecule has 16 heavy (non-hydrogen) atoms. The third kappa shape index (κ3) is 3.56. The summed E-state index contributed by atoms with van der Waals surface area (Å²) in [5.74, 6) is -7.88. The fourth-order valence-corrected chi connectivity index (χ4v) is 0.679. The van der Waals surface area contributed by atoms with Crippen LogP contribution in [-0.2, 0) is 14.3 Å². The highest BCUT2D eigenvalue weighted by Crippen LogP contribution is 2.35. The summed E-state index contributed by atoms with van der Waals surface area (Å²) in [6, 6.07) is 0. The highest BCUT2D eigenvalue weighted by molar-refractivity contribution is 5.84. The Bertz CT molecular complexity index is 239. The lowest BCUT2D eigenvalue weighted by molar-refractivity contribution is -0.270. The van der Waals surface area contributed by atoms with E-state index in [0.29, 0.717) is 0 Å². The number of alkyl halides is 5. The SMILES string of the molecule is COC(CNC(=O)C(F)(F)C(F)(F)F)OC. The molecule has 0 aliphatic rings. The second-order valence-electron chi connectivity index (χ2n) is 2.68. The Balaban J connectivity index is 4.37. The summed E-state index contributed by atoms with van der Waals surface area (Å²) in [4.78, 5) is 10.6. The van der Waals surface area contributed by atoms with Crippen molar-refractivity contribution in [2.45, 2.75) is 18.4 Å². The van der Waals surface area contributed by atoms with Gasteiger partial charge >= 0.3 is 18.0 Å². The van der Waals surface area contributed by atoms with Crippen molar-refractivity contribution in [3.8, 4) is 0 Å². The Morgan fingerprint density at radius 3 is 1.94 bits per heavy atom. The number of halogens is 5. The van der Waals surface area contributed by atoms with E-state index in [9.17, 15) is 26.7 Å². The number of carbonyl (C=O) groups excluding carboxylic acids is 1. The molecule has 0 aromatic carbocycles. The van der Waals surface area contributed by atoms with Crippen molar-refractivity contribution in [3.63, 3.8) is 0 Å². The van der Waals surface area contributed by atoms with E-state index in [1.807, 2.05) is 0 Å². The van der Waals surface area contributed by atoms with E-state index in [-0.39, 0.29) is 0 Å². The fraction of sp³-hybridized carbons (Fsp3) is 0.857. The summed E-state index contributed by atoms with van der Waals surface area (Å²) in [6.45, 7) is -0.614. The maximum atomic E-state index is 12.4. The molecule has 0 spiro atoms. The van der Waals surface area contributed by atoms with E-state index in [0.717, 1.165) is 14.2 Å². The molecule has 1 amide bonds. The van der Waals surface area contributed by atoms with Crippen LogP contribution in [0.3, 0.4) is 0 Å². The molecule has 0 fully saturated rings. The Labute approximate surface area is 87.7 Å². The normalized spacial score (nSPS) is 13.0. The van der Waals surface area contributed by atoms with Crippen molar-refractivity contribution in [1.29, 1.82) is 0 Å². The molecule has 1 N–H and O–H groups in total. The van der Waals surface area contributed by atoms with Gasteiger partial charge in [-0.15, -0.1) is 0 Å². The minimum atomic E-state index is -5.92. The average molecular weight is 251 g/mol. The zero-order chi connectivity index (χ0) is 13.0. The molecule has 0 bridgehead atoms. The molecule has 9 heteroatoms. The van der Waals surface area contributed by atoms with Gasteiger partial charge in [-0.25, -0.2) is 0 Å². The summed E-state index contributed by atoms with van der Waals surface area (Å²) in [5, 5.41) is 1.37. The molecule has 0 aromatic heterocycles. The fourth-order valence-electron chi connectivity index (χ4n) is 0.679. The number of hydrogen-bond acceptors (Lipinski definition) is 3. The van der Waals surface area contributed by atoms with Crippen LogP contribution in [0.5, 0.6) is 0 Å². The smallest absolute Gasteiger partial charge is 0.354 e. The summed E-state index contributed by atoms with van der Waals surface area (Å²) < 4.78 is 68.8. The maximum absolute atomic E-state index is 12.4. The molecular formula is C7H10F5NO3. The minimum absolute atomic E-state index is 0.614. The van der Waals surface area contributed by atoms with E-state index in [4.69, 9.17) is 0 Å². The lowest BCUT2D eigenvalue weighted by Crippen LogP contribution is -2.52. The molecule has 0 aliphatic heterocycles. The molecule has 0 saturated carbocycles. The first kappa shape index (κ1) is 15.0. The van der Waals surface area contributed by atoms with Gasteiger partial charge in [0.05, 0.1) is 6.54 Å². The van der Waals surface area contributed by atoms with Crippen molar-refractivity contribution >= 4 is 5.91 Å². The van der Waals surface area contributed by atoms with E-state index in [1.165, 1.54) is 5.32 Å². The zero-order valence-corrected chi connectivity index (χ0v) is 8.40. The number of rotatable bonds is 5. The standard InChI is InChI=1S/C7H10F5NO3/c1-15-4(16-2)3-13-5(14)6(8,9)7(10,11)12/h4H,3H2,1-2H3,(H,13,14). The van der Waals surface area contributed by atoms with Crippen LogP contribution in [0.4, 0.5) is 22.0 Å². The van der Waals surface area contributed by atoms with Crippen LogP contribution in [0.25, 0.3) is 0 Å². The first-order valence-electron chi connectivity index (χ1n) is 3.95. The lowest BCUT2D eigenvalue weighted by atomic mass is 10.3. The molecule has 0 aromatic rings. The second-order valence-corrected chi connectivity index (χ2v) is 2.68. The summed E-state index contributed by atoms with van der Waals surface area (Å²) >= 11 is 0. The van der Waals surface area contributed by atoms with E-state index < -0.39 is 30.8 Å². The monoisotopic (exact) mass is 251 g/mol. The first-order valence-corrected chi connectivity index (χ1v) is 3.95. The van der Waals surface area contributed by atoms with Crippen molar-refractivity contribution in [2.75, 3.05) is 20.8 Å². The van der Waals surface area contributed by atoms with Crippen LogP contribution in [-0.4, -0.2) is 45.1 Å². The number of carbonyl (C=O) groups is 1. The van der Waals surface area contributed by atoms with Crippen molar-refractivity contribution in [1.82, 2.24) is 5.32 Å². The predicted molar refractivity (Wildman–Crippen MR) is 41.8 cm³/mol. The minimum Gasteiger partial charge on any atom is -0.354 e. The van der Waals surface area contributed by atoms with Crippen LogP contribution >= 0.6 is 0 Å². The van der Waals surface area contributed by atoms with E-state index >= 15 is 0 Å². The van der Waals surface area contributed by atoms with Crippen LogP contribution < -0.4 is 5.32 Å². The van der Waals surface area contributed by atoms with Gasteiger partial charge in [0, 0.05) is 14.2 Å². The molecule has 0 atom stereocenters. The maximum Gasteiger partial charge on any atom is 0.463 e. The van der Waals surface area contributed by atoms with Crippen molar-refractivity contribution < 1.29 is 36.2 Å². The molecule has 4 nitrogen and oxygen atoms in total. The summed E-state index contributed by atoms with van der Waals surface area (Å²) in [7, 11) is 2.28. The predicted octanol–water partition coefficient (Wildman–Crippen LogP) is 0.919. The van der Waals surface area contributed by atoms with Gasteiger partial charge in [-0.05, 0) is 0 Å². The van der Waals surface area contributed by atoms with Gasteiger partial charge in [0.1, 0.15) is 0 Å². The van der Waals surface area contributed by atoms with Crippen LogP contribution in [0, 0.1) is 0 Å². The number of methoxy groups -OCH3 is 2. The van der Waals surface area contributed by atoms with Gasteiger partial charge in [0.25, 0.3) is 0 Å². The van der Waals surface area contributed by atoms with Crippen LogP contribution in [0.15, 0.2) is 0 Å².